The van der Waals surface area contributed by atoms with Crippen molar-refractivity contribution < 1.29 is 18.9 Å². The van der Waals surface area contributed by atoms with Crippen molar-refractivity contribution in [3.8, 4) is 11.5 Å². The number of rotatable bonds is 0. The zero-order chi connectivity index (χ0) is 17.9. The minimum Gasteiger partial charge on any atom is -0.493 e. The molecule has 0 aliphatic carbocycles. The van der Waals surface area contributed by atoms with Crippen LogP contribution >= 0.6 is 0 Å². The van der Waals surface area contributed by atoms with Crippen molar-refractivity contribution >= 4 is 0 Å². The number of fused-ring (bicyclic) bond motifs is 2. The summed E-state index contributed by atoms with van der Waals surface area (Å²) in [4.78, 5) is 0. The van der Waals surface area contributed by atoms with Gasteiger partial charge in [-0.25, -0.2) is 0 Å². The Bertz CT molecular complexity index is 637. The van der Waals surface area contributed by atoms with Gasteiger partial charge in [0.05, 0.1) is 39.6 Å². The van der Waals surface area contributed by atoms with Crippen molar-refractivity contribution in [1.82, 2.24) is 0 Å². The normalized spacial score (nSPS) is 18.2. The molecular weight excluding hydrogens is 328 g/mol. The molecule has 2 aromatic rings. The summed E-state index contributed by atoms with van der Waals surface area (Å²) < 4.78 is 23.3. The molecular formula is C22H26O4. The third-order valence-corrected chi connectivity index (χ3v) is 4.11. The van der Waals surface area contributed by atoms with E-state index in [1.807, 2.05) is 60.7 Å². The van der Waals surface area contributed by atoms with E-state index in [-0.39, 0.29) is 0 Å². The molecule has 0 fully saturated rings. The van der Waals surface area contributed by atoms with Gasteiger partial charge in [0.1, 0.15) is 11.5 Å². The maximum absolute atomic E-state index is 5.93. The van der Waals surface area contributed by atoms with Crippen LogP contribution in [0.1, 0.15) is 24.0 Å². The van der Waals surface area contributed by atoms with Gasteiger partial charge in [0.25, 0.3) is 0 Å². The Balaban J connectivity index is 1.61. The molecule has 0 amide bonds. The van der Waals surface area contributed by atoms with Crippen LogP contribution in [0.15, 0.2) is 60.7 Å². The largest absolute Gasteiger partial charge is 0.493 e. The lowest BCUT2D eigenvalue weighted by Gasteiger charge is -2.13. The van der Waals surface area contributed by atoms with Crippen molar-refractivity contribution in [2.75, 3.05) is 26.4 Å². The number of ether oxygens (including phenoxy) is 4. The summed E-state index contributed by atoms with van der Waals surface area (Å²) in [6.07, 6.45) is 5.84. The van der Waals surface area contributed by atoms with E-state index in [0.717, 1.165) is 35.5 Å². The van der Waals surface area contributed by atoms with Gasteiger partial charge >= 0.3 is 0 Å². The predicted octanol–water partition coefficient (Wildman–Crippen LogP) is 4.53. The molecule has 138 valence electrons. The van der Waals surface area contributed by atoms with Crippen LogP contribution in [0.2, 0.25) is 0 Å². The number of para-hydroxylation sites is 2. The molecule has 0 saturated heterocycles. The zero-order valence-electron chi connectivity index (χ0n) is 15.1. The molecule has 4 heteroatoms. The summed E-state index contributed by atoms with van der Waals surface area (Å²) in [5, 5.41) is 0. The first-order valence-corrected chi connectivity index (χ1v) is 9.15. The van der Waals surface area contributed by atoms with Gasteiger partial charge in [0.2, 0.25) is 0 Å². The first-order valence-electron chi connectivity index (χ1n) is 9.15. The van der Waals surface area contributed by atoms with Gasteiger partial charge in [-0.3, -0.25) is 0 Å². The van der Waals surface area contributed by atoms with E-state index in [1.54, 1.807) is 0 Å². The second-order valence-corrected chi connectivity index (χ2v) is 6.12. The second-order valence-electron chi connectivity index (χ2n) is 6.12. The van der Waals surface area contributed by atoms with Crippen molar-refractivity contribution in [1.29, 1.82) is 0 Å². The SMILES string of the molecule is C1=C/COCc2ccccc2OCCCCOc2ccccc2COC/1. The summed E-state index contributed by atoms with van der Waals surface area (Å²) in [5.41, 5.74) is 2.15. The minimum atomic E-state index is 0.540. The highest BCUT2D eigenvalue weighted by Crippen LogP contribution is 2.21. The first-order chi connectivity index (χ1) is 12.9. The third kappa shape index (κ3) is 5.90. The minimum absolute atomic E-state index is 0.540. The molecule has 0 aromatic heterocycles. The van der Waals surface area contributed by atoms with E-state index in [1.165, 1.54) is 0 Å². The maximum atomic E-state index is 5.93. The van der Waals surface area contributed by atoms with Gasteiger partial charge in [-0.15, -0.1) is 0 Å². The van der Waals surface area contributed by atoms with E-state index >= 15 is 0 Å². The molecule has 0 unspecified atom stereocenters. The lowest BCUT2D eigenvalue weighted by molar-refractivity contribution is 0.136. The van der Waals surface area contributed by atoms with Gasteiger partial charge in [-0.2, -0.15) is 0 Å². The second kappa shape index (κ2) is 10.6. The van der Waals surface area contributed by atoms with Crippen LogP contribution in [-0.2, 0) is 22.7 Å². The van der Waals surface area contributed by atoms with Gasteiger partial charge in [0, 0.05) is 11.1 Å². The highest BCUT2D eigenvalue weighted by Gasteiger charge is 2.05. The fourth-order valence-electron chi connectivity index (χ4n) is 2.71. The Morgan fingerprint density at radius 2 is 1.04 bits per heavy atom. The van der Waals surface area contributed by atoms with E-state index in [4.69, 9.17) is 18.9 Å². The smallest absolute Gasteiger partial charge is 0.124 e. The van der Waals surface area contributed by atoms with Gasteiger partial charge in [0.15, 0.2) is 0 Å². The maximum Gasteiger partial charge on any atom is 0.124 e. The highest BCUT2D eigenvalue weighted by atomic mass is 16.5. The monoisotopic (exact) mass is 354 g/mol. The standard InChI is InChI=1S/C22H26O4/c1-3-11-21-19(9-1)17-23-13-5-6-14-24-18-20-10-2-4-12-22(20)26-16-8-7-15-25-21/h1-6,9-12H,7-8,13-18H2/b6-5+. The highest BCUT2D eigenvalue weighted by molar-refractivity contribution is 5.33. The lowest BCUT2D eigenvalue weighted by Crippen LogP contribution is -2.06. The Hall–Kier alpha value is -2.30. The van der Waals surface area contributed by atoms with Crippen LogP contribution in [0.3, 0.4) is 0 Å². The van der Waals surface area contributed by atoms with Crippen LogP contribution in [0.4, 0.5) is 0 Å². The molecule has 0 radical (unpaired) electrons. The Morgan fingerprint density at radius 1 is 0.577 bits per heavy atom. The number of hydrogen-bond acceptors (Lipinski definition) is 4. The molecule has 1 aliphatic rings. The van der Waals surface area contributed by atoms with Gasteiger partial charge in [-0.1, -0.05) is 48.6 Å². The fourth-order valence-corrected chi connectivity index (χ4v) is 2.71. The lowest BCUT2D eigenvalue weighted by atomic mass is 10.2. The zero-order valence-corrected chi connectivity index (χ0v) is 15.1. The fraction of sp³-hybridized carbons (Fsp3) is 0.364. The van der Waals surface area contributed by atoms with Crippen molar-refractivity contribution in [2.24, 2.45) is 0 Å². The molecule has 26 heavy (non-hydrogen) atoms. The molecule has 0 N–H and O–H groups in total. The predicted molar refractivity (Wildman–Crippen MR) is 102 cm³/mol. The van der Waals surface area contributed by atoms with E-state index < -0.39 is 0 Å². The van der Waals surface area contributed by atoms with Crippen LogP contribution in [0, 0.1) is 0 Å². The van der Waals surface area contributed by atoms with E-state index in [2.05, 4.69) is 0 Å². The molecule has 3 rings (SSSR count). The molecule has 0 atom stereocenters. The summed E-state index contributed by atoms with van der Waals surface area (Å²) in [6.45, 7) is 3.53. The average Bonchev–Trinajstić information content (AvgIpc) is 2.68. The average molecular weight is 354 g/mol. The molecule has 1 heterocycles. The van der Waals surface area contributed by atoms with Crippen LogP contribution in [-0.4, -0.2) is 26.4 Å². The third-order valence-electron chi connectivity index (χ3n) is 4.11. The summed E-state index contributed by atoms with van der Waals surface area (Å²) in [5.74, 6) is 1.79. The Morgan fingerprint density at radius 3 is 1.54 bits per heavy atom. The topological polar surface area (TPSA) is 36.9 Å². The van der Waals surface area contributed by atoms with E-state index in [9.17, 15) is 0 Å². The molecule has 0 spiro atoms. The van der Waals surface area contributed by atoms with Crippen LogP contribution < -0.4 is 9.47 Å². The quantitative estimate of drug-likeness (QED) is 0.652. The molecule has 1 aliphatic heterocycles. The number of hydrogen-bond donors (Lipinski definition) is 0. The summed E-state index contributed by atoms with van der Waals surface area (Å²) in [7, 11) is 0. The van der Waals surface area contributed by atoms with Crippen LogP contribution in [0.5, 0.6) is 11.5 Å². The first kappa shape index (κ1) is 18.5. The summed E-state index contributed by atoms with van der Waals surface area (Å²) >= 11 is 0. The van der Waals surface area contributed by atoms with Crippen molar-refractivity contribution in [2.45, 2.75) is 26.1 Å². The molecule has 2 aromatic carbocycles. The molecule has 0 bridgehead atoms. The summed E-state index contributed by atoms with van der Waals surface area (Å²) in [6, 6.07) is 16.1. The number of benzene rings is 2. The van der Waals surface area contributed by atoms with Gasteiger partial charge in [-0.05, 0) is 25.0 Å². The Labute approximate surface area is 155 Å². The van der Waals surface area contributed by atoms with Crippen molar-refractivity contribution in [3.63, 3.8) is 0 Å². The van der Waals surface area contributed by atoms with Gasteiger partial charge < -0.3 is 18.9 Å². The Kier molecular flexibility index (Phi) is 7.56. The molecule has 0 saturated carbocycles. The van der Waals surface area contributed by atoms with Crippen LogP contribution in [0.25, 0.3) is 0 Å². The molecule has 4 nitrogen and oxygen atoms in total. The van der Waals surface area contributed by atoms with E-state index in [0.29, 0.717) is 39.6 Å². The van der Waals surface area contributed by atoms with Crippen molar-refractivity contribution in [3.05, 3.63) is 71.8 Å².